The maximum Gasteiger partial charge on any atom is 0.159 e. The molecule has 0 saturated heterocycles. The molecule has 11 aromatic carbocycles. The number of rotatable bonds is 6. The van der Waals surface area contributed by atoms with Crippen LogP contribution in [-0.4, -0.2) is 0 Å². The normalized spacial score (nSPS) is 13.0. The van der Waals surface area contributed by atoms with Crippen LogP contribution in [0.25, 0.3) is 99.5 Å². The van der Waals surface area contributed by atoms with E-state index >= 15 is 0 Å². The van der Waals surface area contributed by atoms with Gasteiger partial charge in [0.15, 0.2) is 5.58 Å². The molecule has 0 saturated carbocycles. The lowest BCUT2D eigenvalue weighted by atomic mass is 9.70. The van der Waals surface area contributed by atoms with Crippen LogP contribution in [0.3, 0.4) is 0 Å². The van der Waals surface area contributed by atoms with Gasteiger partial charge in [0.05, 0.1) is 11.1 Å². The van der Waals surface area contributed by atoms with Crippen molar-refractivity contribution in [2.45, 2.75) is 5.41 Å². The molecule has 326 valence electrons. The van der Waals surface area contributed by atoms with E-state index in [9.17, 15) is 0 Å². The van der Waals surface area contributed by atoms with Gasteiger partial charge in [0, 0.05) is 38.5 Å². The van der Waals surface area contributed by atoms with E-state index in [1.165, 1.54) is 50.1 Å². The molecule has 15 rings (SSSR count). The Morgan fingerprint density at radius 3 is 1.53 bits per heavy atom. The summed E-state index contributed by atoms with van der Waals surface area (Å²) in [5, 5.41) is 4.13. The number of anilines is 3. The number of para-hydroxylation sites is 2. The summed E-state index contributed by atoms with van der Waals surface area (Å²) in [4.78, 5) is 2.41. The molecule has 2 aliphatic carbocycles. The summed E-state index contributed by atoms with van der Waals surface area (Å²) >= 11 is 0. The predicted octanol–water partition coefficient (Wildman–Crippen LogP) is 18.3. The topological polar surface area (TPSA) is 29.5 Å². The van der Waals surface area contributed by atoms with E-state index < -0.39 is 5.41 Å². The van der Waals surface area contributed by atoms with Crippen molar-refractivity contribution in [2.24, 2.45) is 0 Å². The zero-order chi connectivity index (χ0) is 45.9. The molecule has 70 heavy (non-hydrogen) atoms. The lowest BCUT2D eigenvalue weighted by molar-refractivity contribution is 0.665. The Morgan fingerprint density at radius 1 is 0.300 bits per heavy atom. The van der Waals surface area contributed by atoms with Crippen molar-refractivity contribution in [3.63, 3.8) is 0 Å². The molecule has 0 amide bonds. The van der Waals surface area contributed by atoms with E-state index in [0.29, 0.717) is 0 Å². The minimum Gasteiger partial charge on any atom is -0.456 e. The molecule has 2 aromatic heterocycles. The molecule has 0 N–H and O–H groups in total. The van der Waals surface area contributed by atoms with Gasteiger partial charge >= 0.3 is 0 Å². The Morgan fingerprint density at radius 2 is 0.829 bits per heavy atom. The van der Waals surface area contributed by atoms with E-state index in [2.05, 4.69) is 248 Å². The number of fused-ring (bicyclic) bond motifs is 16. The molecule has 0 bridgehead atoms. The van der Waals surface area contributed by atoms with Gasteiger partial charge in [-0.2, -0.15) is 0 Å². The molecule has 13 aromatic rings. The second-order valence-electron chi connectivity index (χ2n) is 18.7. The van der Waals surface area contributed by atoms with Crippen molar-refractivity contribution in [3.8, 4) is 55.6 Å². The fourth-order valence-corrected chi connectivity index (χ4v) is 12.1. The highest BCUT2D eigenvalue weighted by molar-refractivity contribution is 6.24. The molecule has 3 nitrogen and oxygen atoms in total. The van der Waals surface area contributed by atoms with Gasteiger partial charge < -0.3 is 13.7 Å². The lowest BCUT2D eigenvalue weighted by Gasteiger charge is -2.32. The van der Waals surface area contributed by atoms with Crippen molar-refractivity contribution < 1.29 is 8.83 Å². The van der Waals surface area contributed by atoms with Crippen molar-refractivity contribution in [2.75, 3.05) is 4.90 Å². The number of benzene rings is 11. The smallest absolute Gasteiger partial charge is 0.159 e. The van der Waals surface area contributed by atoms with Crippen molar-refractivity contribution in [1.29, 1.82) is 0 Å². The molecular formula is C67H41NO2. The molecule has 0 atom stereocenters. The highest BCUT2D eigenvalue weighted by Crippen LogP contribution is 2.63. The zero-order valence-corrected chi connectivity index (χ0v) is 37.9. The van der Waals surface area contributed by atoms with Crippen molar-refractivity contribution in [1.82, 2.24) is 0 Å². The molecule has 0 unspecified atom stereocenters. The molecule has 2 heterocycles. The maximum atomic E-state index is 7.50. The lowest BCUT2D eigenvalue weighted by Crippen LogP contribution is -2.26. The second kappa shape index (κ2) is 14.9. The van der Waals surface area contributed by atoms with Crippen LogP contribution < -0.4 is 4.90 Å². The molecule has 3 heteroatoms. The first kappa shape index (κ1) is 38.9. The van der Waals surface area contributed by atoms with Gasteiger partial charge in [-0.3, -0.25) is 0 Å². The fraction of sp³-hybridized carbons (Fsp3) is 0.0149. The van der Waals surface area contributed by atoms with Crippen LogP contribution in [0.15, 0.2) is 258 Å². The van der Waals surface area contributed by atoms with Crippen LogP contribution in [0.5, 0.6) is 0 Å². The molecule has 0 aliphatic heterocycles. The number of hydrogen-bond donors (Lipinski definition) is 0. The fourth-order valence-electron chi connectivity index (χ4n) is 12.1. The Labute approximate surface area is 404 Å². The average molecular weight is 892 g/mol. The van der Waals surface area contributed by atoms with Gasteiger partial charge in [-0.25, -0.2) is 0 Å². The predicted molar refractivity (Wildman–Crippen MR) is 288 cm³/mol. The van der Waals surface area contributed by atoms with Gasteiger partial charge in [-0.05, 0) is 115 Å². The van der Waals surface area contributed by atoms with Crippen molar-refractivity contribution >= 4 is 60.9 Å². The van der Waals surface area contributed by atoms with Crippen LogP contribution in [-0.2, 0) is 5.41 Å². The summed E-state index contributed by atoms with van der Waals surface area (Å²) in [6, 6.07) is 90.3. The Balaban J connectivity index is 1.00. The summed E-state index contributed by atoms with van der Waals surface area (Å²) in [6.45, 7) is 0. The van der Waals surface area contributed by atoms with Gasteiger partial charge in [0.2, 0.25) is 0 Å². The van der Waals surface area contributed by atoms with Crippen LogP contribution in [0, 0.1) is 0 Å². The Bertz CT molecular complexity index is 4170. The maximum absolute atomic E-state index is 7.50. The molecule has 0 fully saturated rings. The van der Waals surface area contributed by atoms with Gasteiger partial charge in [-0.15, -0.1) is 0 Å². The first-order chi connectivity index (χ1) is 34.7. The minimum atomic E-state index is -0.500. The minimum absolute atomic E-state index is 0.500. The van der Waals surface area contributed by atoms with E-state index in [0.717, 1.165) is 88.8 Å². The Kier molecular flexibility index (Phi) is 8.28. The van der Waals surface area contributed by atoms with Gasteiger partial charge in [0.25, 0.3) is 0 Å². The Hall–Kier alpha value is -9.18. The van der Waals surface area contributed by atoms with E-state index in [1.54, 1.807) is 0 Å². The third-order valence-electron chi connectivity index (χ3n) is 15.1. The average Bonchev–Trinajstić information content (AvgIpc) is 4.16. The quantitative estimate of drug-likeness (QED) is 0.167. The number of furan rings is 2. The van der Waals surface area contributed by atoms with Crippen molar-refractivity contribution in [3.05, 3.63) is 271 Å². The van der Waals surface area contributed by atoms with Crippen LogP contribution in [0.2, 0.25) is 0 Å². The van der Waals surface area contributed by atoms with Crippen LogP contribution in [0.4, 0.5) is 17.1 Å². The van der Waals surface area contributed by atoms with E-state index in [-0.39, 0.29) is 0 Å². The first-order valence-corrected chi connectivity index (χ1v) is 24.1. The zero-order valence-electron chi connectivity index (χ0n) is 37.9. The molecule has 1 spiro atoms. The summed E-state index contributed by atoms with van der Waals surface area (Å²) in [5.41, 5.74) is 22.9. The summed E-state index contributed by atoms with van der Waals surface area (Å²) in [7, 11) is 0. The first-order valence-electron chi connectivity index (χ1n) is 24.1. The van der Waals surface area contributed by atoms with E-state index in [4.69, 9.17) is 8.83 Å². The summed E-state index contributed by atoms with van der Waals surface area (Å²) in [5.74, 6) is 0. The third-order valence-corrected chi connectivity index (χ3v) is 15.1. The van der Waals surface area contributed by atoms with E-state index in [1.807, 2.05) is 6.07 Å². The van der Waals surface area contributed by atoms with Crippen LogP contribution in [0.1, 0.15) is 22.3 Å². The SMILES string of the molecule is c1ccc(-c2ccc(-c3c4oc5c(N(c6cccc(-c7ccccc7)c6)c6ccc7c(c6)C6(c8ccccc8-c8ccccc86)c6ccccc6-7)cccc5c4cc4oc5ccccc5c34)cc2)cc1. The van der Waals surface area contributed by atoms with Gasteiger partial charge in [-0.1, -0.05) is 206 Å². The molecular weight excluding hydrogens is 851 g/mol. The summed E-state index contributed by atoms with van der Waals surface area (Å²) in [6.07, 6.45) is 0. The van der Waals surface area contributed by atoms with Crippen LogP contribution >= 0.6 is 0 Å². The third kappa shape index (κ3) is 5.46. The standard InChI is InChI=1S/C67H41NO2/c1-3-17-42(18-4-1)44-33-35-45(36-34-44)63-64-54-26-10-14-32-61(54)69-62(64)41-55-53-27-16-31-60(65(53)70-66(55)63)68(47-22-15-21-46(39-47)43-19-5-2-6-20-43)48-37-38-52-51-25-9-13-30-58(51)67(59(52)40-48)56-28-11-7-23-49(56)50-24-8-12-29-57(50)67/h1-41H. The monoisotopic (exact) mass is 891 g/mol. The largest absolute Gasteiger partial charge is 0.456 e. The highest BCUT2D eigenvalue weighted by atomic mass is 16.3. The highest BCUT2D eigenvalue weighted by Gasteiger charge is 2.51. The molecule has 0 radical (unpaired) electrons. The number of hydrogen-bond acceptors (Lipinski definition) is 3. The second-order valence-corrected chi connectivity index (χ2v) is 18.7. The molecule has 2 aliphatic rings. The number of nitrogens with zero attached hydrogens (tertiary/aromatic N) is 1. The summed E-state index contributed by atoms with van der Waals surface area (Å²) < 4.78 is 14.2. The van der Waals surface area contributed by atoms with Gasteiger partial charge in [0.1, 0.15) is 16.7 Å².